The third-order valence-electron chi connectivity index (χ3n) is 3.88. The molecule has 108 valence electrons. The highest BCUT2D eigenvalue weighted by molar-refractivity contribution is 5.92. The number of carbonyl (C=O) groups excluding carboxylic acids is 1. The highest BCUT2D eigenvalue weighted by Crippen LogP contribution is 2.27. The van der Waals surface area contributed by atoms with Crippen LogP contribution in [0.2, 0.25) is 0 Å². The predicted molar refractivity (Wildman–Crippen MR) is 78.9 cm³/mol. The summed E-state index contributed by atoms with van der Waals surface area (Å²) >= 11 is 0. The van der Waals surface area contributed by atoms with Gasteiger partial charge >= 0.3 is 0 Å². The zero-order chi connectivity index (χ0) is 14.7. The Morgan fingerprint density at radius 1 is 1.29 bits per heavy atom. The lowest BCUT2D eigenvalue weighted by Gasteiger charge is -2.32. The molecule has 0 spiro atoms. The van der Waals surface area contributed by atoms with Crippen LogP contribution in [0.1, 0.15) is 40.5 Å². The topological polar surface area (TPSA) is 59.0 Å². The SMILES string of the molecule is Cc1cc([C@@H]2CCCN(C(=O)c3cnccn3)C2)ccn1. The molecule has 1 fully saturated rings. The second-order valence-electron chi connectivity index (χ2n) is 5.41. The number of pyridine rings is 1. The van der Waals surface area contributed by atoms with E-state index in [-0.39, 0.29) is 5.91 Å². The van der Waals surface area contributed by atoms with Gasteiger partial charge in [0, 0.05) is 43.3 Å². The molecule has 21 heavy (non-hydrogen) atoms. The largest absolute Gasteiger partial charge is 0.337 e. The minimum atomic E-state index is -0.0291. The summed E-state index contributed by atoms with van der Waals surface area (Å²) in [6.07, 6.45) is 8.62. The summed E-state index contributed by atoms with van der Waals surface area (Å²) in [5.41, 5.74) is 2.70. The molecular weight excluding hydrogens is 264 g/mol. The van der Waals surface area contributed by atoms with E-state index in [1.54, 1.807) is 12.4 Å². The first kappa shape index (κ1) is 13.7. The molecule has 1 amide bonds. The van der Waals surface area contributed by atoms with Gasteiger partial charge in [0.2, 0.25) is 0 Å². The van der Waals surface area contributed by atoms with E-state index in [0.29, 0.717) is 11.6 Å². The van der Waals surface area contributed by atoms with Crippen molar-refractivity contribution < 1.29 is 4.79 Å². The van der Waals surface area contributed by atoms with Crippen molar-refractivity contribution in [3.63, 3.8) is 0 Å². The number of aromatic nitrogens is 3. The second-order valence-corrected chi connectivity index (χ2v) is 5.41. The number of nitrogens with zero attached hydrogens (tertiary/aromatic N) is 4. The molecule has 1 aliphatic rings. The van der Waals surface area contributed by atoms with Gasteiger partial charge in [-0.25, -0.2) is 4.98 Å². The molecule has 0 bridgehead atoms. The zero-order valence-electron chi connectivity index (χ0n) is 12.1. The Morgan fingerprint density at radius 3 is 2.95 bits per heavy atom. The van der Waals surface area contributed by atoms with E-state index in [4.69, 9.17) is 0 Å². The summed E-state index contributed by atoms with van der Waals surface area (Å²) in [5, 5.41) is 0. The molecule has 0 aromatic carbocycles. The third-order valence-corrected chi connectivity index (χ3v) is 3.88. The number of aryl methyl sites for hydroxylation is 1. The smallest absolute Gasteiger partial charge is 0.274 e. The molecule has 3 heterocycles. The summed E-state index contributed by atoms with van der Waals surface area (Å²) in [7, 11) is 0. The molecule has 1 aliphatic heterocycles. The molecule has 0 aliphatic carbocycles. The van der Waals surface area contributed by atoms with Crippen LogP contribution in [0.25, 0.3) is 0 Å². The van der Waals surface area contributed by atoms with Gasteiger partial charge in [0.25, 0.3) is 5.91 Å². The first-order valence-corrected chi connectivity index (χ1v) is 7.22. The third kappa shape index (κ3) is 3.07. The summed E-state index contributed by atoms with van der Waals surface area (Å²) in [5.74, 6) is 0.347. The van der Waals surface area contributed by atoms with Gasteiger partial charge < -0.3 is 4.90 Å². The van der Waals surface area contributed by atoms with Crippen LogP contribution in [-0.2, 0) is 0 Å². The van der Waals surface area contributed by atoms with Gasteiger partial charge in [0.1, 0.15) is 5.69 Å². The minimum Gasteiger partial charge on any atom is -0.337 e. The quantitative estimate of drug-likeness (QED) is 0.847. The van der Waals surface area contributed by atoms with Gasteiger partial charge in [-0.05, 0) is 37.5 Å². The van der Waals surface area contributed by atoms with Crippen molar-refractivity contribution in [1.29, 1.82) is 0 Å². The molecule has 5 heteroatoms. The zero-order valence-corrected chi connectivity index (χ0v) is 12.1. The maximum absolute atomic E-state index is 12.5. The van der Waals surface area contributed by atoms with Gasteiger partial charge in [-0.3, -0.25) is 14.8 Å². The van der Waals surface area contributed by atoms with Crippen molar-refractivity contribution in [3.8, 4) is 0 Å². The van der Waals surface area contributed by atoms with Gasteiger partial charge in [-0.2, -0.15) is 0 Å². The van der Waals surface area contributed by atoms with E-state index in [2.05, 4.69) is 21.0 Å². The molecule has 3 rings (SSSR count). The lowest BCUT2D eigenvalue weighted by atomic mass is 9.90. The lowest BCUT2D eigenvalue weighted by Crippen LogP contribution is -2.39. The maximum Gasteiger partial charge on any atom is 0.274 e. The van der Waals surface area contributed by atoms with Crippen LogP contribution in [0.5, 0.6) is 0 Å². The highest BCUT2D eigenvalue weighted by atomic mass is 16.2. The normalized spacial score (nSPS) is 18.5. The Morgan fingerprint density at radius 2 is 2.19 bits per heavy atom. The minimum absolute atomic E-state index is 0.0291. The Hall–Kier alpha value is -2.30. The fraction of sp³-hybridized carbons (Fsp3) is 0.375. The number of piperidine rings is 1. The molecule has 0 saturated carbocycles. The number of likely N-dealkylation sites (tertiary alicyclic amines) is 1. The molecule has 0 radical (unpaired) electrons. The van der Waals surface area contributed by atoms with Gasteiger partial charge in [-0.15, -0.1) is 0 Å². The number of rotatable bonds is 2. The van der Waals surface area contributed by atoms with E-state index < -0.39 is 0 Å². The molecule has 0 N–H and O–H groups in total. The molecule has 2 aromatic heterocycles. The number of amides is 1. The fourth-order valence-electron chi connectivity index (χ4n) is 2.83. The first-order valence-electron chi connectivity index (χ1n) is 7.22. The molecule has 2 aromatic rings. The van der Waals surface area contributed by atoms with Gasteiger partial charge in [0.05, 0.1) is 6.20 Å². The van der Waals surface area contributed by atoms with Crippen LogP contribution in [-0.4, -0.2) is 38.8 Å². The summed E-state index contributed by atoms with van der Waals surface area (Å²) in [6, 6.07) is 4.16. The summed E-state index contributed by atoms with van der Waals surface area (Å²) in [6.45, 7) is 3.52. The van der Waals surface area contributed by atoms with Gasteiger partial charge in [-0.1, -0.05) is 0 Å². The van der Waals surface area contributed by atoms with Crippen LogP contribution in [0, 0.1) is 6.92 Å². The van der Waals surface area contributed by atoms with Gasteiger partial charge in [0.15, 0.2) is 0 Å². The Labute approximate surface area is 124 Å². The average Bonchev–Trinajstić information content (AvgIpc) is 2.55. The van der Waals surface area contributed by atoms with Crippen LogP contribution < -0.4 is 0 Å². The van der Waals surface area contributed by atoms with E-state index >= 15 is 0 Å². The molecule has 0 unspecified atom stereocenters. The number of hydrogen-bond acceptors (Lipinski definition) is 4. The van der Waals surface area contributed by atoms with E-state index in [9.17, 15) is 4.79 Å². The summed E-state index contributed by atoms with van der Waals surface area (Å²) in [4.78, 5) is 26.6. The van der Waals surface area contributed by atoms with Crippen LogP contribution in [0.15, 0.2) is 36.9 Å². The van der Waals surface area contributed by atoms with Crippen LogP contribution in [0.3, 0.4) is 0 Å². The Bertz CT molecular complexity index is 629. The van der Waals surface area contributed by atoms with Crippen LogP contribution >= 0.6 is 0 Å². The first-order chi connectivity index (χ1) is 10.2. The van der Waals surface area contributed by atoms with Crippen molar-refractivity contribution in [2.75, 3.05) is 13.1 Å². The summed E-state index contributed by atoms with van der Waals surface area (Å²) < 4.78 is 0. The monoisotopic (exact) mass is 282 g/mol. The standard InChI is InChI=1S/C16H18N4O/c1-12-9-13(4-5-18-12)14-3-2-8-20(11-14)16(21)15-10-17-6-7-19-15/h4-7,9-10,14H,2-3,8,11H2,1H3/t14-/m1/s1. The maximum atomic E-state index is 12.5. The molecule has 5 nitrogen and oxygen atoms in total. The fourth-order valence-corrected chi connectivity index (χ4v) is 2.83. The number of carbonyl (C=O) groups is 1. The van der Waals surface area contributed by atoms with Crippen LogP contribution in [0.4, 0.5) is 0 Å². The number of hydrogen-bond donors (Lipinski definition) is 0. The molecule has 1 saturated heterocycles. The lowest BCUT2D eigenvalue weighted by molar-refractivity contribution is 0.0700. The van der Waals surface area contributed by atoms with Crippen molar-refractivity contribution in [2.24, 2.45) is 0 Å². The highest BCUT2D eigenvalue weighted by Gasteiger charge is 2.26. The second kappa shape index (κ2) is 5.99. The van der Waals surface area contributed by atoms with E-state index in [1.807, 2.05) is 24.1 Å². The van der Waals surface area contributed by atoms with Crippen molar-refractivity contribution >= 4 is 5.91 Å². The average molecular weight is 282 g/mol. The van der Waals surface area contributed by atoms with Crippen molar-refractivity contribution in [3.05, 3.63) is 53.9 Å². The van der Waals surface area contributed by atoms with E-state index in [1.165, 1.54) is 11.8 Å². The van der Waals surface area contributed by atoms with E-state index in [0.717, 1.165) is 31.6 Å². The Balaban J connectivity index is 1.75. The van der Waals surface area contributed by atoms with Crippen molar-refractivity contribution in [1.82, 2.24) is 19.9 Å². The predicted octanol–water partition coefficient (Wildman–Crippen LogP) is 2.20. The Kier molecular flexibility index (Phi) is 3.90. The molecule has 1 atom stereocenters. The van der Waals surface area contributed by atoms with Crippen molar-refractivity contribution in [2.45, 2.75) is 25.7 Å². The molecular formula is C16H18N4O.